The van der Waals surface area contributed by atoms with Crippen LogP contribution in [-0.2, 0) is 47.9 Å². The molecule has 238 valence electrons. The Balaban J connectivity index is 0.00000134. The molecule has 0 saturated carbocycles. The summed E-state index contributed by atoms with van der Waals surface area (Å²) < 4.78 is 0. The summed E-state index contributed by atoms with van der Waals surface area (Å²) >= 11 is 24.7. The third kappa shape index (κ3) is 15.1. The molecule has 0 aliphatic rings. The van der Waals surface area contributed by atoms with E-state index in [9.17, 15) is 10.2 Å². The van der Waals surface area contributed by atoms with Crippen molar-refractivity contribution in [2.24, 2.45) is 0 Å². The Morgan fingerprint density at radius 2 is 0.844 bits per heavy atom. The number of halogens is 4. The summed E-state index contributed by atoms with van der Waals surface area (Å²) in [5.41, 5.74) is 3.31. The van der Waals surface area contributed by atoms with Gasteiger partial charge in [-0.1, -0.05) is 132 Å². The molecule has 0 saturated heterocycles. The minimum Gasteiger partial charge on any atom is -0.871 e. The van der Waals surface area contributed by atoms with E-state index in [-0.39, 0.29) is 56.5 Å². The zero-order valence-electron chi connectivity index (χ0n) is 25.3. The molecular formula is C34H36Cl4N2O4Ti. The molecule has 0 heterocycles. The second-order valence-electron chi connectivity index (χ2n) is 9.72. The molecule has 0 unspecified atom stereocenters. The average molecular weight is 726 g/mol. The van der Waals surface area contributed by atoms with Crippen LogP contribution in [0.4, 0.5) is 0 Å². The van der Waals surface area contributed by atoms with E-state index in [1.54, 1.807) is 26.0 Å². The Labute approximate surface area is 301 Å². The molecule has 0 amide bonds. The molecule has 0 aliphatic heterocycles. The van der Waals surface area contributed by atoms with Crippen LogP contribution in [0.25, 0.3) is 0 Å². The van der Waals surface area contributed by atoms with Crippen LogP contribution < -0.4 is 20.4 Å². The van der Waals surface area contributed by atoms with Crippen molar-refractivity contribution in [2.75, 3.05) is 26.3 Å². The predicted octanol–water partition coefficient (Wildman–Crippen LogP) is 5.88. The zero-order valence-corrected chi connectivity index (χ0v) is 29.9. The molecule has 0 atom stereocenters. The first-order chi connectivity index (χ1) is 21.1. The van der Waals surface area contributed by atoms with Gasteiger partial charge < -0.3 is 20.4 Å². The van der Waals surface area contributed by atoms with Crippen LogP contribution in [0.2, 0.25) is 20.1 Å². The van der Waals surface area contributed by atoms with Crippen molar-refractivity contribution in [2.45, 2.75) is 40.0 Å². The number of hydrogen-bond acceptors (Lipinski definition) is 6. The maximum atomic E-state index is 12.7. The van der Waals surface area contributed by atoms with Gasteiger partial charge in [-0.15, -0.1) is 13.2 Å². The number of hydrogen-bond donors (Lipinski definition) is 0. The quantitative estimate of drug-likeness (QED) is 0.179. The Bertz CT molecular complexity index is 1300. The minimum atomic E-state index is -0.222. The summed E-state index contributed by atoms with van der Waals surface area (Å²) in [6.45, 7) is 6.38. The smallest absolute Gasteiger partial charge is 0.871 e. The van der Waals surface area contributed by atoms with Gasteiger partial charge in [-0.05, 0) is 46.5 Å². The Kier molecular flexibility index (Phi) is 20.8. The van der Waals surface area contributed by atoms with E-state index in [4.69, 9.17) is 56.6 Å². The largest absolute Gasteiger partial charge is 4.00 e. The monoisotopic (exact) mass is 724 g/mol. The van der Waals surface area contributed by atoms with E-state index in [0.717, 1.165) is 11.1 Å². The van der Waals surface area contributed by atoms with Crippen LogP contribution in [0.5, 0.6) is 11.5 Å². The second kappa shape index (κ2) is 22.7. The first-order valence-corrected chi connectivity index (χ1v) is 15.6. The third-order valence-electron chi connectivity index (χ3n) is 6.19. The molecule has 0 aliphatic carbocycles. The molecule has 0 aromatic heterocycles. The van der Waals surface area contributed by atoms with Crippen molar-refractivity contribution < 1.29 is 42.1 Å². The Hall–Kier alpha value is -1.81. The van der Waals surface area contributed by atoms with Gasteiger partial charge in [0.1, 0.15) is 0 Å². The molecule has 11 heteroatoms. The van der Waals surface area contributed by atoms with Crippen molar-refractivity contribution in [3.63, 3.8) is 0 Å². The van der Waals surface area contributed by atoms with Gasteiger partial charge in [-0.25, -0.2) is 0 Å². The summed E-state index contributed by atoms with van der Waals surface area (Å²) in [6.07, 6.45) is 0. The van der Waals surface area contributed by atoms with Crippen LogP contribution in [0.3, 0.4) is 0 Å². The summed E-state index contributed by atoms with van der Waals surface area (Å²) in [6, 6.07) is 26.4. The molecule has 4 aromatic carbocycles. The summed E-state index contributed by atoms with van der Waals surface area (Å²) in [7, 11) is 0. The van der Waals surface area contributed by atoms with Crippen molar-refractivity contribution >= 4 is 46.4 Å². The van der Waals surface area contributed by atoms with E-state index in [1.165, 1.54) is 12.1 Å². The number of benzene rings is 4. The molecule has 4 rings (SSSR count). The van der Waals surface area contributed by atoms with Gasteiger partial charge in [0.05, 0.1) is 0 Å². The van der Waals surface area contributed by atoms with Crippen LogP contribution in [0.1, 0.15) is 36.1 Å². The first kappa shape index (κ1) is 41.2. The van der Waals surface area contributed by atoms with Crippen LogP contribution in [0, 0.1) is 0 Å². The van der Waals surface area contributed by atoms with Crippen molar-refractivity contribution in [1.29, 1.82) is 0 Å². The fourth-order valence-corrected chi connectivity index (χ4v) is 5.41. The maximum Gasteiger partial charge on any atom is 4.00 e. The standard InChI is InChI=1S/C30H28Cl4N2O2.2C2H5O.Ti/c31-25-13-23(29(37)27(33)15-25)19-35(17-21-7-3-1-4-8-21)11-12-36(18-22-9-5-2-6-10-22)20-24-14-26(32)16-28(34)30(24)38;2*1-2-3;/h1-10,13-16,37-38H,11-12,17-20H2;2*2H2,1H3;/q;2*-1;+4/p-2. The fourth-order valence-electron chi connectivity index (χ4n) is 4.34. The molecule has 4 aromatic rings. The van der Waals surface area contributed by atoms with Gasteiger partial charge in [-0.3, -0.25) is 9.80 Å². The Morgan fingerprint density at radius 3 is 1.16 bits per heavy atom. The molecular weight excluding hydrogens is 690 g/mol. The summed E-state index contributed by atoms with van der Waals surface area (Å²) in [4.78, 5) is 4.36. The average Bonchev–Trinajstić information content (AvgIpc) is 2.98. The van der Waals surface area contributed by atoms with Gasteiger partial charge in [0, 0.05) is 59.4 Å². The fraction of sp³-hybridized carbons (Fsp3) is 0.294. The Morgan fingerprint density at radius 1 is 0.533 bits per heavy atom. The van der Waals surface area contributed by atoms with Crippen LogP contribution in [-0.4, -0.2) is 36.1 Å². The van der Waals surface area contributed by atoms with E-state index < -0.39 is 0 Å². The van der Waals surface area contributed by atoms with Gasteiger partial charge >= 0.3 is 21.7 Å². The van der Waals surface area contributed by atoms with E-state index in [0.29, 0.717) is 60.4 Å². The SMILES string of the molecule is CC[O-].CC[O-].[O-]c1c(Cl)cc(Cl)cc1CN(CCN(Cc1ccccc1)Cc1cc(Cl)cc(Cl)c1[O-])Cc1ccccc1.[Ti+4]. The van der Waals surface area contributed by atoms with E-state index in [1.807, 2.05) is 36.4 Å². The van der Waals surface area contributed by atoms with Crippen molar-refractivity contribution in [3.05, 3.63) is 127 Å². The predicted molar refractivity (Wildman–Crippen MR) is 174 cm³/mol. The summed E-state index contributed by atoms with van der Waals surface area (Å²) in [5, 5.41) is 44.4. The van der Waals surface area contributed by atoms with Crippen LogP contribution in [0.15, 0.2) is 84.9 Å². The molecule has 0 spiro atoms. The minimum absolute atomic E-state index is 0. The number of rotatable bonds is 11. The molecule has 0 fully saturated rings. The van der Waals surface area contributed by atoms with Gasteiger partial charge in [0.25, 0.3) is 0 Å². The molecule has 6 nitrogen and oxygen atoms in total. The number of nitrogens with zero attached hydrogens (tertiary/aromatic N) is 2. The van der Waals surface area contributed by atoms with E-state index >= 15 is 0 Å². The van der Waals surface area contributed by atoms with Gasteiger partial charge in [0.2, 0.25) is 0 Å². The van der Waals surface area contributed by atoms with Gasteiger partial charge in [-0.2, -0.15) is 0 Å². The second-order valence-corrected chi connectivity index (χ2v) is 11.4. The molecule has 0 radical (unpaired) electrons. The molecule has 0 bridgehead atoms. The maximum absolute atomic E-state index is 12.7. The topological polar surface area (TPSA) is 98.7 Å². The third-order valence-corrected chi connectivity index (χ3v) is 7.19. The van der Waals surface area contributed by atoms with Crippen molar-refractivity contribution in [3.8, 4) is 11.5 Å². The molecule has 0 N–H and O–H groups in total. The molecule has 45 heavy (non-hydrogen) atoms. The zero-order chi connectivity index (χ0) is 32.5. The first-order valence-electron chi connectivity index (χ1n) is 14.1. The van der Waals surface area contributed by atoms with E-state index in [2.05, 4.69) is 34.1 Å². The normalized spacial score (nSPS) is 10.4. The summed E-state index contributed by atoms with van der Waals surface area (Å²) in [5.74, 6) is -0.445. The van der Waals surface area contributed by atoms with Crippen LogP contribution >= 0.6 is 46.4 Å². The van der Waals surface area contributed by atoms with Gasteiger partial charge in [0.15, 0.2) is 0 Å². The van der Waals surface area contributed by atoms with Crippen molar-refractivity contribution in [1.82, 2.24) is 9.80 Å².